The van der Waals surface area contributed by atoms with E-state index in [1.54, 1.807) is 6.08 Å². The summed E-state index contributed by atoms with van der Waals surface area (Å²) in [6.07, 6.45) is 1.81. The topological polar surface area (TPSA) is 89.8 Å². The van der Waals surface area contributed by atoms with Gasteiger partial charge in [0.2, 0.25) is 11.1 Å². The van der Waals surface area contributed by atoms with Crippen molar-refractivity contribution in [1.29, 1.82) is 0 Å². The van der Waals surface area contributed by atoms with Crippen LogP contribution in [0.3, 0.4) is 0 Å². The van der Waals surface area contributed by atoms with Crippen molar-refractivity contribution in [2.24, 2.45) is 0 Å². The molecule has 0 unspecified atom stereocenters. The Kier molecular flexibility index (Phi) is 6.08. The lowest BCUT2D eigenvalue weighted by atomic mass is 10.0. The molecule has 0 bridgehead atoms. The molecule has 156 valence electrons. The van der Waals surface area contributed by atoms with Crippen LogP contribution in [0.2, 0.25) is 0 Å². The summed E-state index contributed by atoms with van der Waals surface area (Å²) in [6, 6.07) is 16.4. The summed E-state index contributed by atoms with van der Waals surface area (Å²) < 4.78 is 2.03. The number of hydrogen-bond donors (Lipinski definition) is 1. The zero-order valence-corrected chi connectivity index (χ0v) is 17.8. The van der Waals surface area contributed by atoms with E-state index < -0.39 is 6.04 Å². The van der Waals surface area contributed by atoms with Crippen LogP contribution in [0, 0.1) is 0 Å². The Labute approximate surface area is 183 Å². The van der Waals surface area contributed by atoms with Gasteiger partial charge in [-0.2, -0.15) is 0 Å². The number of carbonyl (C=O) groups excluding carboxylic acids is 2. The minimum Gasteiger partial charge on any atom is -0.341 e. The Hall–Kier alpha value is -3.52. The maximum atomic E-state index is 12.5. The van der Waals surface area contributed by atoms with Crippen LogP contribution >= 0.6 is 11.8 Å². The van der Waals surface area contributed by atoms with Crippen molar-refractivity contribution >= 4 is 45.5 Å². The smallest absolute Gasteiger partial charge is 0.231 e. The third kappa shape index (κ3) is 4.34. The van der Waals surface area contributed by atoms with Crippen LogP contribution < -0.4 is 5.32 Å². The van der Waals surface area contributed by atoms with Crippen LogP contribution in [-0.4, -0.2) is 37.2 Å². The number of allylic oxidation sites excluding steroid dienone is 1. The molecule has 31 heavy (non-hydrogen) atoms. The maximum absolute atomic E-state index is 12.5. The number of rotatable bonds is 8. The zero-order valence-electron chi connectivity index (χ0n) is 17.0. The first-order chi connectivity index (χ1) is 15.1. The van der Waals surface area contributed by atoms with Crippen LogP contribution in [0.4, 0.5) is 0 Å². The van der Waals surface area contributed by atoms with Crippen LogP contribution in [0.15, 0.2) is 72.4 Å². The number of carbonyl (C=O) groups is 2. The number of aromatic nitrogens is 4. The van der Waals surface area contributed by atoms with Crippen LogP contribution in [-0.2, 0) is 16.1 Å². The average Bonchev–Trinajstić information content (AvgIpc) is 3.10. The second kappa shape index (κ2) is 9.09. The van der Waals surface area contributed by atoms with Crippen molar-refractivity contribution in [3.63, 3.8) is 0 Å². The minimum atomic E-state index is -0.675. The summed E-state index contributed by atoms with van der Waals surface area (Å²) in [5.41, 5.74) is 3.17. The number of ketones is 1. The molecule has 4 rings (SSSR count). The van der Waals surface area contributed by atoms with Gasteiger partial charge in [0.1, 0.15) is 11.6 Å². The first-order valence-electron chi connectivity index (χ1n) is 9.78. The molecule has 0 saturated carbocycles. The summed E-state index contributed by atoms with van der Waals surface area (Å²) in [4.78, 5) is 29.2. The average molecular weight is 432 g/mol. The van der Waals surface area contributed by atoms with Crippen molar-refractivity contribution in [1.82, 2.24) is 25.1 Å². The predicted octanol–water partition coefficient (Wildman–Crippen LogP) is 3.70. The predicted molar refractivity (Wildman–Crippen MR) is 122 cm³/mol. The molecule has 0 saturated heterocycles. The maximum Gasteiger partial charge on any atom is 0.231 e. The summed E-state index contributed by atoms with van der Waals surface area (Å²) in [7, 11) is 0. The number of para-hydroxylation sites is 1. The highest BCUT2D eigenvalue weighted by Gasteiger charge is 2.20. The normalized spacial score (nSPS) is 12.0. The molecule has 1 amide bonds. The third-order valence-electron chi connectivity index (χ3n) is 4.84. The standard InChI is InChI=1S/C23H21N5O2S/c1-3-13-28-18-12-8-7-11-17(18)21-22(28)25-23(27-26-21)31-14-19(30)24-20(15(2)29)16-9-5-4-6-10-16/h3-12,20H,1,13-14H2,2H3,(H,24,30)/t20-/m0/s1. The number of benzene rings is 2. The fourth-order valence-electron chi connectivity index (χ4n) is 3.46. The molecule has 2 aromatic heterocycles. The number of nitrogens with one attached hydrogen (secondary N) is 1. The highest BCUT2D eigenvalue weighted by molar-refractivity contribution is 7.99. The SMILES string of the molecule is C=CCn1c2ccccc2c2nnc(SCC(=O)N[C@@H](C(C)=O)c3ccccc3)nc21. The van der Waals surface area contributed by atoms with Gasteiger partial charge in [-0.05, 0) is 18.6 Å². The molecule has 2 heterocycles. The second-order valence-electron chi connectivity index (χ2n) is 6.99. The van der Waals surface area contributed by atoms with Gasteiger partial charge in [0.05, 0.1) is 11.3 Å². The minimum absolute atomic E-state index is 0.0749. The van der Waals surface area contributed by atoms with Gasteiger partial charge in [-0.3, -0.25) is 9.59 Å². The van der Waals surface area contributed by atoms with E-state index in [2.05, 4.69) is 27.1 Å². The van der Waals surface area contributed by atoms with Crippen molar-refractivity contribution in [2.75, 3.05) is 5.75 Å². The molecule has 4 aromatic rings. The summed E-state index contributed by atoms with van der Waals surface area (Å²) in [5, 5.41) is 12.7. The van der Waals surface area contributed by atoms with Crippen molar-refractivity contribution < 1.29 is 9.59 Å². The number of fused-ring (bicyclic) bond motifs is 3. The van der Waals surface area contributed by atoms with E-state index in [-0.39, 0.29) is 17.4 Å². The molecule has 2 aromatic carbocycles. The quantitative estimate of drug-likeness (QED) is 0.338. The molecule has 0 fully saturated rings. The van der Waals surface area contributed by atoms with E-state index >= 15 is 0 Å². The number of thioether (sulfide) groups is 1. The van der Waals surface area contributed by atoms with Gasteiger partial charge >= 0.3 is 0 Å². The van der Waals surface area contributed by atoms with Gasteiger partial charge in [0.15, 0.2) is 11.4 Å². The third-order valence-corrected chi connectivity index (χ3v) is 5.68. The lowest BCUT2D eigenvalue weighted by Gasteiger charge is -2.16. The molecule has 0 aliphatic rings. The molecule has 1 N–H and O–H groups in total. The first kappa shape index (κ1) is 20.7. The number of hydrogen-bond acceptors (Lipinski definition) is 6. The lowest BCUT2D eigenvalue weighted by molar-refractivity contribution is -0.125. The summed E-state index contributed by atoms with van der Waals surface area (Å²) in [6.45, 7) is 5.88. The molecule has 7 nitrogen and oxygen atoms in total. The van der Waals surface area contributed by atoms with Crippen LogP contribution in [0.25, 0.3) is 22.1 Å². The van der Waals surface area contributed by atoms with Gasteiger partial charge in [-0.25, -0.2) is 4.98 Å². The fraction of sp³-hybridized carbons (Fsp3) is 0.174. The Morgan fingerprint density at radius 2 is 1.87 bits per heavy atom. The lowest BCUT2D eigenvalue weighted by Crippen LogP contribution is -2.33. The second-order valence-corrected chi connectivity index (χ2v) is 7.94. The Morgan fingerprint density at radius 1 is 1.13 bits per heavy atom. The fourth-order valence-corrected chi connectivity index (χ4v) is 4.06. The van der Waals surface area contributed by atoms with Crippen LogP contribution in [0.5, 0.6) is 0 Å². The largest absolute Gasteiger partial charge is 0.341 e. The van der Waals surface area contributed by atoms with Crippen molar-refractivity contribution in [3.05, 3.63) is 72.8 Å². The number of Topliss-reactive ketones (excluding diaryl/α,β-unsaturated/α-hetero) is 1. The van der Waals surface area contributed by atoms with Crippen molar-refractivity contribution in [3.8, 4) is 0 Å². The monoisotopic (exact) mass is 431 g/mol. The Morgan fingerprint density at radius 3 is 2.61 bits per heavy atom. The van der Waals surface area contributed by atoms with E-state index in [9.17, 15) is 9.59 Å². The molecule has 8 heteroatoms. The highest BCUT2D eigenvalue weighted by Crippen LogP contribution is 2.27. The van der Waals surface area contributed by atoms with Gasteiger partial charge < -0.3 is 9.88 Å². The summed E-state index contributed by atoms with van der Waals surface area (Å²) >= 11 is 1.18. The Balaban J connectivity index is 1.53. The molecule has 0 radical (unpaired) electrons. The molecule has 0 aliphatic carbocycles. The molecule has 1 atom stereocenters. The Bertz CT molecular complexity index is 1270. The molecular formula is C23H21N5O2S. The van der Waals surface area contributed by atoms with Gasteiger partial charge in [0.25, 0.3) is 0 Å². The van der Waals surface area contributed by atoms with E-state index in [0.29, 0.717) is 22.9 Å². The van der Waals surface area contributed by atoms with E-state index in [1.165, 1.54) is 18.7 Å². The van der Waals surface area contributed by atoms with Gasteiger partial charge in [-0.15, -0.1) is 16.8 Å². The molecule has 0 aliphatic heterocycles. The van der Waals surface area contributed by atoms with Crippen LogP contribution in [0.1, 0.15) is 18.5 Å². The summed E-state index contributed by atoms with van der Waals surface area (Å²) in [5.74, 6) is -0.326. The number of nitrogens with zero attached hydrogens (tertiary/aromatic N) is 4. The van der Waals surface area contributed by atoms with E-state index in [0.717, 1.165) is 16.5 Å². The zero-order chi connectivity index (χ0) is 21.8. The first-order valence-corrected chi connectivity index (χ1v) is 10.8. The van der Waals surface area contributed by atoms with E-state index in [1.807, 2.05) is 59.2 Å². The van der Waals surface area contributed by atoms with E-state index in [4.69, 9.17) is 0 Å². The molecular weight excluding hydrogens is 410 g/mol. The molecule has 0 spiro atoms. The van der Waals surface area contributed by atoms with Crippen molar-refractivity contribution in [2.45, 2.75) is 24.7 Å². The highest BCUT2D eigenvalue weighted by atomic mass is 32.2. The van der Waals surface area contributed by atoms with Gasteiger partial charge in [-0.1, -0.05) is 66.4 Å². The number of amides is 1. The van der Waals surface area contributed by atoms with Gasteiger partial charge in [0, 0.05) is 11.9 Å².